The van der Waals surface area contributed by atoms with Crippen LogP contribution in [0.5, 0.6) is 0 Å². The van der Waals surface area contributed by atoms with Gasteiger partial charge in [0, 0.05) is 6.54 Å². The molecule has 0 aliphatic heterocycles. The Bertz CT molecular complexity index is 125. The van der Waals surface area contributed by atoms with E-state index >= 15 is 0 Å². The molecule has 0 amide bonds. The van der Waals surface area contributed by atoms with Crippen LogP contribution in [0.15, 0.2) is 0 Å². The first-order chi connectivity index (χ1) is 5.49. The second-order valence-electron chi connectivity index (χ2n) is 4.04. The molecule has 2 atom stereocenters. The summed E-state index contributed by atoms with van der Waals surface area (Å²) in [5, 5.41) is 10.2. The van der Waals surface area contributed by atoms with Gasteiger partial charge in [0.25, 0.3) is 0 Å². The lowest BCUT2D eigenvalue weighted by Gasteiger charge is -2.36. The van der Waals surface area contributed by atoms with Crippen molar-refractivity contribution in [3.05, 3.63) is 0 Å². The van der Waals surface area contributed by atoms with Crippen molar-refractivity contribution >= 4 is 0 Å². The third kappa shape index (κ3) is 2.46. The maximum atomic E-state index is 10.2. The summed E-state index contributed by atoms with van der Waals surface area (Å²) in [7, 11) is 0. The molecule has 0 heterocycles. The van der Waals surface area contributed by atoms with Crippen molar-refractivity contribution in [2.75, 3.05) is 6.54 Å². The predicted octanol–water partition coefficient (Wildman–Crippen LogP) is 1.77. The van der Waals surface area contributed by atoms with Crippen LogP contribution in [0, 0.1) is 11.8 Å². The van der Waals surface area contributed by atoms with Crippen molar-refractivity contribution in [1.29, 1.82) is 0 Å². The van der Waals surface area contributed by atoms with E-state index in [1.165, 1.54) is 0 Å². The highest BCUT2D eigenvalue weighted by Crippen LogP contribution is 2.28. The highest BCUT2D eigenvalue weighted by Gasteiger charge is 2.34. The van der Waals surface area contributed by atoms with Crippen molar-refractivity contribution in [1.82, 2.24) is 0 Å². The third-order valence-electron chi connectivity index (χ3n) is 2.90. The van der Waals surface area contributed by atoms with Gasteiger partial charge in [-0.3, -0.25) is 0 Å². The molecule has 0 fully saturated rings. The second kappa shape index (κ2) is 4.83. The van der Waals surface area contributed by atoms with E-state index in [2.05, 4.69) is 13.8 Å². The molecule has 74 valence electrons. The fourth-order valence-electron chi connectivity index (χ4n) is 1.69. The molecule has 0 rings (SSSR count). The number of nitrogens with two attached hydrogens (primary N) is 1. The van der Waals surface area contributed by atoms with Gasteiger partial charge in [-0.1, -0.05) is 34.1 Å². The van der Waals surface area contributed by atoms with E-state index in [0.29, 0.717) is 12.5 Å². The lowest BCUT2D eigenvalue weighted by molar-refractivity contribution is -0.0471. The molecule has 0 saturated carbocycles. The Hall–Kier alpha value is -0.0800. The molecule has 0 aromatic rings. The monoisotopic (exact) mass is 173 g/mol. The fourth-order valence-corrected chi connectivity index (χ4v) is 1.69. The maximum absolute atomic E-state index is 10.2. The summed E-state index contributed by atoms with van der Waals surface area (Å²) in [6, 6.07) is 0. The summed E-state index contributed by atoms with van der Waals surface area (Å²) < 4.78 is 0. The SMILES string of the molecule is CCCC(C)C(O)(CN)C(C)C. The molecule has 0 saturated heterocycles. The van der Waals surface area contributed by atoms with Gasteiger partial charge >= 0.3 is 0 Å². The highest BCUT2D eigenvalue weighted by atomic mass is 16.3. The molecule has 0 aromatic carbocycles. The Morgan fingerprint density at radius 3 is 2.08 bits per heavy atom. The number of hydrogen-bond donors (Lipinski definition) is 2. The van der Waals surface area contributed by atoms with Gasteiger partial charge < -0.3 is 10.8 Å². The quantitative estimate of drug-likeness (QED) is 0.665. The minimum atomic E-state index is -0.671. The van der Waals surface area contributed by atoms with E-state index in [-0.39, 0.29) is 5.92 Å². The topological polar surface area (TPSA) is 46.2 Å². The average Bonchev–Trinajstić information content (AvgIpc) is 2.03. The highest BCUT2D eigenvalue weighted by molar-refractivity contribution is 4.87. The van der Waals surface area contributed by atoms with Gasteiger partial charge in [0.15, 0.2) is 0 Å². The predicted molar refractivity (Wildman–Crippen MR) is 52.9 cm³/mol. The Kier molecular flexibility index (Phi) is 4.80. The maximum Gasteiger partial charge on any atom is 0.0817 e. The van der Waals surface area contributed by atoms with Crippen LogP contribution in [0.1, 0.15) is 40.5 Å². The Labute approximate surface area is 76.2 Å². The Morgan fingerprint density at radius 2 is 1.83 bits per heavy atom. The number of aliphatic hydroxyl groups is 1. The van der Waals surface area contributed by atoms with Gasteiger partial charge in [-0.25, -0.2) is 0 Å². The van der Waals surface area contributed by atoms with Gasteiger partial charge in [-0.2, -0.15) is 0 Å². The molecule has 0 bridgehead atoms. The summed E-state index contributed by atoms with van der Waals surface area (Å²) in [5.74, 6) is 0.538. The third-order valence-corrected chi connectivity index (χ3v) is 2.90. The van der Waals surface area contributed by atoms with E-state index < -0.39 is 5.60 Å². The van der Waals surface area contributed by atoms with E-state index in [1.54, 1.807) is 0 Å². The molecule has 2 heteroatoms. The standard InChI is InChI=1S/C10H23NO/c1-5-6-9(4)10(12,7-11)8(2)3/h8-9,12H,5-7,11H2,1-4H3. The molecule has 0 spiro atoms. The first kappa shape index (κ1) is 11.9. The van der Waals surface area contributed by atoms with Gasteiger partial charge in [0.1, 0.15) is 0 Å². The zero-order valence-corrected chi connectivity index (χ0v) is 8.80. The van der Waals surface area contributed by atoms with Crippen LogP contribution in [-0.2, 0) is 0 Å². The largest absolute Gasteiger partial charge is 0.388 e. The van der Waals surface area contributed by atoms with Crippen LogP contribution in [0.2, 0.25) is 0 Å². The molecule has 3 N–H and O–H groups in total. The minimum Gasteiger partial charge on any atom is -0.388 e. The van der Waals surface area contributed by atoms with Crippen LogP contribution < -0.4 is 5.73 Å². The van der Waals surface area contributed by atoms with E-state index in [0.717, 1.165) is 12.8 Å². The zero-order chi connectivity index (χ0) is 9.78. The van der Waals surface area contributed by atoms with E-state index in [4.69, 9.17) is 5.73 Å². The van der Waals surface area contributed by atoms with Crippen LogP contribution in [0.3, 0.4) is 0 Å². The number of rotatable bonds is 5. The second-order valence-corrected chi connectivity index (χ2v) is 4.04. The van der Waals surface area contributed by atoms with Gasteiger partial charge in [0.05, 0.1) is 5.60 Å². The van der Waals surface area contributed by atoms with Crippen molar-refractivity contribution in [2.24, 2.45) is 17.6 Å². The summed E-state index contributed by atoms with van der Waals surface area (Å²) in [5.41, 5.74) is 4.92. The van der Waals surface area contributed by atoms with Crippen LogP contribution in [-0.4, -0.2) is 17.3 Å². The molecule has 0 radical (unpaired) electrons. The summed E-state index contributed by atoms with van der Waals surface area (Å²) in [6.07, 6.45) is 2.15. The first-order valence-corrected chi connectivity index (χ1v) is 4.91. The Balaban J connectivity index is 4.29. The summed E-state index contributed by atoms with van der Waals surface area (Å²) in [4.78, 5) is 0. The van der Waals surface area contributed by atoms with Crippen molar-refractivity contribution in [3.63, 3.8) is 0 Å². The molecule has 0 aromatic heterocycles. The van der Waals surface area contributed by atoms with Crippen LogP contribution >= 0.6 is 0 Å². The smallest absolute Gasteiger partial charge is 0.0817 e. The lowest BCUT2D eigenvalue weighted by atomic mass is 9.77. The summed E-state index contributed by atoms with van der Waals surface area (Å²) >= 11 is 0. The van der Waals surface area contributed by atoms with E-state index in [1.807, 2.05) is 13.8 Å². The van der Waals surface area contributed by atoms with Gasteiger partial charge in [-0.15, -0.1) is 0 Å². The number of hydrogen-bond acceptors (Lipinski definition) is 2. The first-order valence-electron chi connectivity index (χ1n) is 4.91. The van der Waals surface area contributed by atoms with E-state index in [9.17, 15) is 5.11 Å². The van der Waals surface area contributed by atoms with Gasteiger partial charge in [-0.05, 0) is 18.3 Å². The molecule has 0 aliphatic carbocycles. The summed E-state index contributed by atoms with van der Waals surface area (Å²) in [6.45, 7) is 8.63. The fraction of sp³-hybridized carbons (Fsp3) is 1.00. The van der Waals surface area contributed by atoms with Gasteiger partial charge in [0.2, 0.25) is 0 Å². The molecular formula is C10H23NO. The zero-order valence-electron chi connectivity index (χ0n) is 8.80. The minimum absolute atomic E-state index is 0.240. The molecule has 0 aliphatic rings. The van der Waals surface area contributed by atoms with Crippen molar-refractivity contribution in [3.8, 4) is 0 Å². The van der Waals surface area contributed by atoms with Crippen LogP contribution in [0.4, 0.5) is 0 Å². The molecule has 2 nitrogen and oxygen atoms in total. The van der Waals surface area contributed by atoms with Crippen LogP contribution in [0.25, 0.3) is 0 Å². The molecule has 12 heavy (non-hydrogen) atoms. The molecular weight excluding hydrogens is 150 g/mol. The average molecular weight is 173 g/mol. The normalized spacial score (nSPS) is 19.2. The Morgan fingerprint density at radius 1 is 1.33 bits per heavy atom. The molecule has 2 unspecified atom stereocenters. The van der Waals surface area contributed by atoms with Crippen molar-refractivity contribution < 1.29 is 5.11 Å². The van der Waals surface area contributed by atoms with Crippen molar-refractivity contribution in [2.45, 2.75) is 46.1 Å². The lowest BCUT2D eigenvalue weighted by Crippen LogP contribution is -2.48.